The van der Waals surface area contributed by atoms with Gasteiger partial charge in [-0.15, -0.1) is 0 Å². The largest absolute Gasteiger partial charge is 0.508 e. The van der Waals surface area contributed by atoms with Crippen molar-refractivity contribution >= 4 is 17.8 Å². The van der Waals surface area contributed by atoms with Gasteiger partial charge in [0.15, 0.2) is 11.9 Å². The minimum Gasteiger partial charge on any atom is -0.508 e. The second-order valence-electron chi connectivity index (χ2n) is 7.01. The molecule has 1 aliphatic heterocycles. The molecule has 4 unspecified atom stereocenters. The van der Waals surface area contributed by atoms with Crippen LogP contribution >= 0.6 is 0 Å². The van der Waals surface area contributed by atoms with Gasteiger partial charge in [-0.1, -0.05) is 18.2 Å². The zero-order valence-corrected chi connectivity index (χ0v) is 16.3. The molecule has 1 fully saturated rings. The predicted octanol–water partition coefficient (Wildman–Crippen LogP) is -0.0279. The van der Waals surface area contributed by atoms with Crippen molar-refractivity contribution < 1.29 is 54.8 Å². The van der Waals surface area contributed by atoms with Gasteiger partial charge >= 0.3 is 11.8 Å². The molecule has 7 N–H and O–H groups in total. The van der Waals surface area contributed by atoms with E-state index in [1.54, 1.807) is 0 Å². The van der Waals surface area contributed by atoms with Crippen LogP contribution in [0.4, 0.5) is 0 Å². The molecule has 3 rings (SSSR count). The summed E-state index contributed by atoms with van der Waals surface area (Å²) in [6, 6.07) is 7.51. The molecule has 0 aliphatic carbocycles. The van der Waals surface area contributed by atoms with Crippen LogP contribution in [0, 0.1) is 0 Å². The maximum Gasteiger partial charge on any atom is 0.380 e. The molecule has 11 nitrogen and oxygen atoms in total. The standard InChI is InChI=1S/C21H20O11/c22-11-4-1-10(2-5-11)3-6-13(23)17-14(24)7-12(8-15(17)25)32-21(20(29)30)19(28)18(27)16(26)9-31-21/h1-8,16,18-19,22,24-28H,9H2,(H,29,30). The first-order chi connectivity index (χ1) is 15.0. The lowest BCUT2D eigenvalue weighted by Gasteiger charge is -2.41. The molecule has 32 heavy (non-hydrogen) atoms. The van der Waals surface area contributed by atoms with Crippen LogP contribution in [-0.4, -0.2) is 78.2 Å². The van der Waals surface area contributed by atoms with E-state index >= 15 is 0 Å². The molecule has 0 spiro atoms. The third kappa shape index (κ3) is 4.36. The number of carbonyl (C=O) groups excluding carboxylic acids is 1. The van der Waals surface area contributed by atoms with Crippen molar-refractivity contribution in [3.05, 3.63) is 53.6 Å². The van der Waals surface area contributed by atoms with E-state index in [4.69, 9.17) is 9.47 Å². The number of hydrogen-bond donors (Lipinski definition) is 7. The Kier molecular flexibility index (Phi) is 6.37. The van der Waals surface area contributed by atoms with E-state index < -0.39 is 65.3 Å². The molecular formula is C21H20O11. The molecule has 2 aromatic carbocycles. The Bertz CT molecular complexity index is 1020. The number of allylic oxidation sites excluding steroid dienone is 1. The highest BCUT2D eigenvalue weighted by Gasteiger charge is 2.58. The third-order valence-corrected chi connectivity index (χ3v) is 4.78. The van der Waals surface area contributed by atoms with Crippen LogP contribution in [0.25, 0.3) is 6.08 Å². The molecule has 0 radical (unpaired) electrons. The quantitative estimate of drug-likeness (QED) is 0.232. The number of ketones is 1. The topological polar surface area (TPSA) is 194 Å². The van der Waals surface area contributed by atoms with E-state index in [0.29, 0.717) is 5.56 Å². The first-order valence-electron chi connectivity index (χ1n) is 9.23. The summed E-state index contributed by atoms with van der Waals surface area (Å²) in [5, 5.41) is 68.7. The highest BCUT2D eigenvalue weighted by molar-refractivity contribution is 6.10. The van der Waals surface area contributed by atoms with Crippen molar-refractivity contribution in [3.8, 4) is 23.0 Å². The smallest absolute Gasteiger partial charge is 0.380 e. The Morgan fingerprint density at radius 3 is 2.19 bits per heavy atom. The summed E-state index contributed by atoms with van der Waals surface area (Å²) in [7, 11) is 0. The Morgan fingerprint density at radius 2 is 1.62 bits per heavy atom. The van der Waals surface area contributed by atoms with Crippen LogP contribution in [0.15, 0.2) is 42.5 Å². The molecule has 1 saturated heterocycles. The molecule has 0 aromatic heterocycles. The number of aliphatic carboxylic acids is 1. The fourth-order valence-electron chi connectivity index (χ4n) is 3.06. The van der Waals surface area contributed by atoms with Gasteiger partial charge in [0.25, 0.3) is 0 Å². The number of phenolic OH excluding ortho intramolecular Hbond substituents is 3. The monoisotopic (exact) mass is 448 g/mol. The van der Waals surface area contributed by atoms with E-state index in [-0.39, 0.29) is 5.75 Å². The number of carboxylic acids is 1. The van der Waals surface area contributed by atoms with Gasteiger partial charge < -0.3 is 45.2 Å². The van der Waals surface area contributed by atoms with Crippen LogP contribution in [0.1, 0.15) is 15.9 Å². The van der Waals surface area contributed by atoms with Crippen LogP contribution in [0.3, 0.4) is 0 Å². The molecule has 11 heteroatoms. The van der Waals surface area contributed by atoms with Gasteiger partial charge in [0.1, 0.15) is 40.8 Å². The third-order valence-electron chi connectivity index (χ3n) is 4.78. The zero-order chi connectivity index (χ0) is 23.6. The van der Waals surface area contributed by atoms with Crippen molar-refractivity contribution in [3.63, 3.8) is 0 Å². The van der Waals surface area contributed by atoms with Gasteiger partial charge in [-0.05, 0) is 23.8 Å². The molecule has 0 saturated carbocycles. The molecule has 0 bridgehead atoms. The lowest BCUT2D eigenvalue weighted by atomic mass is 9.96. The molecule has 170 valence electrons. The van der Waals surface area contributed by atoms with Crippen LogP contribution in [0.2, 0.25) is 0 Å². The van der Waals surface area contributed by atoms with Gasteiger partial charge in [0, 0.05) is 12.1 Å². The average Bonchev–Trinajstić information content (AvgIpc) is 2.73. The summed E-state index contributed by atoms with van der Waals surface area (Å²) < 4.78 is 10.1. The lowest BCUT2D eigenvalue weighted by Crippen LogP contribution is -2.67. The van der Waals surface area contributed by atoms with E-state index in [1.807, 2.05) is 0 Å². The highest BCUT2D eigenvalue weighted by atomic mass is 16.7. The second kappa shape index (κ2) is 8.85. The number of ether oxygens (including phenoxy) is 2. The number of rotatable bonds is 6. The summed E-state index contributed by atoms with van der Waals surface area (Å²) in [5.74, 6) is -7.45. The number of carboxylic acid groups (broad SMARTS) is 1. The Labute approximate surface area is 180 Å². The zero-order valence-electron chi connectivity index (χ0n) is 16.3. The maximum atomic E-state index is 12.4. The lowest BCUT2D eigenvalue weighted by molar-refractivity contribution is -0.300. The van der Waals surface area contributed by atoms with Crippen molar-refractivity contribution in [2.24, 2.45) is 0 Å². The van der Waals surface area contributed by atoms with Gasteiger partial charge in [-0.2, -0.15) is 0 Å². The number of carbonyl (C=O) groups is 2. The minimum absolute atomic E-state index is 0.0348. The fourth-order valence-corrected chi connectivity index (χ4v) is 3.06. The van der Waals surface area contributed by atoms with Crippen LogP contribution < -0.4 is 4.74 Å². The van der Waals surface area contributed by atoms with Crippen molar-refractivity contribution in [2.45, 2.75) is 24.1 Å². The Hall–Kier alpha value is -3.64. The summed E-state index contributed by atoms with van der Waals surface area (Å²) >= 11 is 0. The summed E-state index contributed by atoms with van der Waals surface area (Å²) in [6.07, 6.45) is -3.26. The Balaban J connectivity index is 1.87. The highest BCUT2D eigenvalue weighted by Crippen LogP contribution is 2.37. The second-order valence-corrected chi connectivity index (χ2v) is 7.01. The fraction of sp³-hybridized carbons (Fsp3) is 0.238. The van der Waals surface area contributed by atoms with Gasteiger partial charge in [0.05, 0.1) is 6.61 Å². The van der Waals surface area contributed by atoms with Crippen molar-refractivity contribution in [1.29, 1.82) is 0 Å². The van der Waals surface area contributed by atoms with E-state index in [2.05, 4.69) is 0 Å². The van der Waals surface area contributed by atoms with Crippen LogP contribution in [-0.2, 0) is 9.53 Å². The number of aromatic hydroxyl groups is 3. The van der Waals surface area contributed by atoms with E-state index in [0.717, 1.165) is 18.2 Å². The Morgan fingerprint density at radius 1 is 1.03 bits per heavy atom. The molecular weight excluding hydrogens is 428 g/mol. The molecule has 4 atom stereocenters. The molecule has 0 amide bonds. The summed E-state index contributed by atoms with van der Waals surface area (Å²) in [6.45, 7) is -0.679. The van der Waals surface area contributed by atoms with E-state index in [1.165, 1.54) is 30.3 Å². The minimum atomic E-state index is -2.85. The first kappa shape index (κ1) is 23.0. The molecule has 1 aliphatic rings. The van der Waals surface area contributed by atoms with Gasteiger partial charge in [-0.25, -0.2) is 4.79 Å². The average molecular weight is 448 g/mol. The van der Waals surface area contributed by atoms with Crippen molar-refractivity contribution in [2.75, 3.05) is 6.61 Å². The maximum absolute atomic E-state index is 12.4. The SMILES string of the molecule is O=C(C=Cc1ccc(O)cc1)c1c(O)cc(OC2(C(=O)O)OCC(O)C(O)C2O)cc1O. The predicted molar refractivity (Wildman–Crippen MR) is 106 cm³/mol. The number of hydrogen-bond acceptors (Lipinski definition) is 10. The molecule has 1 heterocycles. The first-order valence-corrected chi connectivity index (χ1v) is 9.23. The number of aliphatic hydroxyl groups is 3. The summed E-state index contributed by atoms with van der Waals surface area (Å²) in [5.41, 5.74) is 0.0555. The van der Waals surface area contributed by atoms with Crippen LogP contribution in [0.5, 0.6) is 23.0 Å². The molecule has 2 aromatic rings. The van der Waals surface area contributed by atoms with Gasteiger partial charge in [-0.3, -0.25) is 4.79 Å². The number of phenols is 3. The number of aliphatic hydroxyl groups excluding tert-OH is 3. The summed E-state index contributed by atoms with van der Waals surface area (Å²) in [4.78, 5) is 24.1. The van der Waals surface area contributed by atoms with E-state index in [9.17, 15) is 45.3 Å². The van der Waals surface area contributed by atoms with Gasteiger partial charge in [0.2, 0.25) is 0 Å². The normalized spacial score (nSPS) is 25.5. The number of benzene rings is 2. The van der Waals surface area contributed by atoms with Crippen molar-refractivity contribution in [1.82, 2.24) is 0 Å².